The van der Waals surface area contributed by atoms with Gasteiger partial charge >= 0.3 is 0 Å². The van der Waals surface area contributed by atoms with E-state index in [0.717, 1.165) is 25.7 Å². The second-order valence-electron chi connectivity index (χ2n) is 8.38. The number of carbonyl (C=O) groups is 2. The van der Waals surface area contributed by atoms with Gasteiger partial charge in [-0.15, -0.1) is 0 Å². The van der Waals surface area contributed by atoms with Crippen molar-refractivity contribution in [2.45, 2.75) is 46.0 Å². The molecular formula is C20H25NO3. The Hall–Kier alpha value is -1.68. The second kappa shape index (κ2) is 5.41. The molecule has 4 nitrogen and oxygen atoms in total. The lowest BCUT2D eigenvalue weighted by Gasteiger charge is -2.49. The van der Waals surface area contributed by atoms with Crippen LogP contribution in [0, 0.1) is 29.1 Å². The molecule has 2 amide bonds. The van der Waals surface area contributed by atoms with Gasteiger partial charge in [0, 0.05) is 17.8 Å². The highest BCUT2D eigenvalue weighted by atomic mass is 16.5. The van der Waals surface area contributed by atoms with Crippen LogP contribution >= 0.6 is 0 Å². The fourth-order valence-electron chi connectivity index (χ4n) is 5.30. The van der Waals surface area contributed by atoms with Gasteiger partial charge in [0.2, 0.25) is 0 Å². The molecule has 2 saturated carbocycles. The summed E-state index contributed by atoms with van der Waals surface area (Å²) < 4.78 is 0. The Kier molecular flexibility index (Phi) is 3.57. The van der Waals surface area contributed by atoms with E-state index in [9.17, 15) is 14.8 Å². The summed E-state index contributed by atoms with van der Waals surface area (Å²) in [6.45, 7) is 4.44. The maximum atomic E-state index is 12.3. The average Bonchev–Trinajstić information content (AvgIpc) is 2.69. The molecule has 128 valence electrons. The quantitative estimate of drug-likeness (QED) is 0.546. The van der Waals surface area contributed by atoms with Gasteiger partial charge in [0.1, 0.15) is 0 Å². The summed E-state index contributed by atoms with van der Waals surface area (Å²) in [5, 5.41) is 10.0. The Balaban J connectivity index is 1.68. The lowest BCUT2D eigenvalue weighted by Crippen LogP contribution is -2.53. The molecule has 1 heterocycles. The van der Waals surface area contributed by atoms with E-state index in [1.807, 2.05) is 0 Å². The SMILES string of the molecule is CC1(C)C=CC=C2CCC3C(CCC4C(=O)N(O)C(=O)CC43)C2=C1. The molecule has 0 aromatic carbocycles. The van der Waals surface area contributed by atoms with E-state index in [4.69, 9.17) is 0 Å². The highest BCUT2D eigenvalue weighted by molar-refractivity contribution is 5.97. The monoisotopic (exact) mass is 327 g/mol. The first-order valence-corrected chi connectivity index (χ1v) is 9.04. The van der Waals surface area contributed by atoms with Gasteiger partial charge in [-0.3, -0.25) is 14.8 Å². The smallest absolute Gasteiger partial charge is 0.256 e. The molecule has 4 rings (SSSR count). The summed E-state index contributed by atoms with van der Waals surface area (Å²) in [6, 6.07) is 0. The molecule has 1 saturated heterocycles. The molecule has 3 aliphatic carbocycles. The number of nitrogens with zero attached hydrogens (tertiary/aromatic N) is 1. The maximum Gasteiger partial charge on any atom is 0.256 e. The Morgan fingerprint density at radius 2 is 1.88 bits per heavy atom. The zero-order valence-corrected chi connectivity index (χ0v) is 14.4. The zero-order valence-electron chi connectivity index (χ0n) is 14.4. The van der Waals surface area contributed by atoms with Crippen LogP contribution in [0.4, 0.5) is 0 Å². The Morgan fingerprint density at radius 1 is 1.12 bits per heavy atom. The Bertz CT molecular complexity index is 685. The fraction of sp³-hybridized carbons (Fsp3) is 0.600. The molecule has 1 aliphatic heterocycles. The maximum absolute atomic E-state index is 12.3. The topological polar surface area (TPSA) is 57.6 Å². The molecule has 4 heteroatoms. The first kappa shape index (κ1) is 15.8. The normalized spacial score (nSPS) is 37.7. The second-order valence-corrected chi connectivity index (χ2v) is 8.38. The largest absolute Gasteiger partial charge is 0.279 e. The fourth-order valence-corrected chi connectivity index (χ4v) is 5.30. The van der Waals surface area contributed by atoms with Crippen molar-refractivity contribution in [3.8, 4) is 0 Å². The van der Waals surface area contributed by atoms with Crippen LogP contribution in [0.1, 0.15) is 46.0 Å². The first-order valence-electron chi connectivity index (χ1n) is 9.04. The van der Waals surface area contributed by atoms with Gasteiger partial charge < -0.3 is 0 Å². The van der Waals surface area contributed by atoms with E-state index in [1.165, 1.54) is 11.1 Å². The highest BCUT2D eigenvalue weighted by Crippen LogP contribution is 2.53. The predicted molar refractivity (Wildman–Crippen MR) is 89.8 cm³/mol. The third-order valence-corrected chi connectivity index (χ3v) is 6.41. The van der Waals surface area contributed by atoms with Crippen molar-refractivity contribution in [1.29, 1.82) is 0 Å². The lowest BCUT2D eigenvalue weighted by molar-refractivity contribution is -0.194. The van der Waals surface area contributed by atoms with Gasteiger partial charge in [0.25, 0.3) is 11.8 Å². The van der Waals surface area contributed by atoms with Crippen LogP contribution in [-0.2, 0) is 9.59 Å². The van der Waals surface area contributed by atoms with E-state index < -0.39 is 5.91 Å². The van der Waals surface area contributed by atoms with Crippen LogP contribution in [0.25, 0.3) is 0 Å². The van der Waals surface area contributed by atoms with E-state index in [-0.39, 0.29) is 23.2 Å². The highest BCUT2D eigenvalue weighted by Gasteiger charge is 2.51. The van der Waals surface area contributed by atoms with Gasteiger partial charge in [-0.25, -0.2) is 0 Å². The molecule has 0 aromatic rings. The Labute approximate surface area is 142 Å². The summed E-state index contributed by atoms with van der Waals surface area (Å²) in [5.74, 6) is -0.0854. The van der Waals surface area contributed by atoms with Crippen molar-refractivity contribution in [2.75, 3.05) is 0 Å². The van der Waals surface area contributed by atoms with Gasteiger partial charge in [0.05, 0.1) is 0 Å². The van der Waals surface area contributed by atoms with Crippen molar-refractivity contribution in [3.63, 3.8) is 0 Å². The average molecular weight is 327 g/mol. The van der Waals surface area contributed by atoms with Crippen molar-refractivity contribution >= 4 is 11.8 Å². The van der Waals surface area contributed by atoms with Crippen LogP contribution < -0.4 is 0 Å². The molecule has 4 unspecified atom stereocenters. The van der Waals surface area contributed by atoms with Gasteiger partial charge in [-0.1, -0.05) is 38.2 Å². The van der Waals surface area contributed by atoms with Crippen molar-refractivity contribution in [3.05, 3.63) is 35.5 Å². The third-order valence-electron chi connectivity index (χ3n) is 6.41. The minimum atomic E-state index is -0.430. The molecule has 1 N–H and O–H groups in total. The van der Waals surface area contributed by atoms with Crippen LogP contribution in [0.5, 0.6) is 0 Å². The molecule has 0 spiro atoms. The molecular weight excluding hydrogens is 302 g/mol. The molecule has 3 fully saturated rings. The summed E-state index contributed by atoms with van der Waals surface area (Å²) >= 11 is 0. The van der Waals surface area contributed by atoms with Crippen LogP contribution in [0.2, 0.25) is 0 Å². The van der Waals surface area contributed by atoms with E-state index in [0.29, 0.717) is 23.3 Å². The molecule has 0 aromatic heterocycles. The van der Waals surface area contributed by atoms with Crippen molar-refractivity contribution < 1.29 is 14.8 Å². The zero-order chi connectivity index (χ0) is 17.1. The van der Waals surface area contributed by atoms with E-state index >= 15 is 0 Å². The number of hydroxylamine groups is 2. The number of hydrogen-bond acceptors (Lipinski definition) is 3. The van der Waals surface area contributed by atoms with Gasteiger partial charge in [-0.05, 0) is 54.6 Å². The minimum absolute atomic E-state index is 0.0342. The number of piperidine rings is 1. The number of imide groups is 1. The molecule has 0 bridgehead atoms. The number of rotatable bonds is 0. The summed E-state index contributed by atoms with van der Waals surface area (Å²) in [6.07, 6.45) is 13.1. The summed E-state index contributed by atoms with van der Waals surface area (Å²) in [5.41, 5.74) is 2.90. The number of carbonyl (C=O) groups excluding carboxylic acids is 2. The number of allylic oxidation sites excluding steroid dienone is 6. The summed E-state index contributed by atoms with van der Waals surface area (Å²) in [4.78, 5) is 24.3. The standard InChI is InChI=1S/C20H25NO3/c1-20(2)9-3-4-12-5-6-13-14(17(12)11-20)7-8-15-16(13)10-18(22)21(24)19(15)23/h3-4,9,11,13-16,24H,5-8,10H2,1-2H3. The third kappa shape index (κ3) is 2.39. The summed E-state index contributed by atoms with van der Waals surface area (Å²) in [7, 11) is 0. The number of hydrogen-bond donors (Lipinski definition) is 1. The first-order chi connectivity index (χ1) is 11.4. The Morgan fingerprint density at radius 3 is 2.67 bits per heavy atom. The minimum Gasteiger partial charge on any atom is -0.279 e. The molecule has 4 atom stereocenters. The molecule has 4 aliphatic rings. The predicted octanol–water partition coefficient (Wildman–Crippen LogP) is 3.64. The number of fused-ring (bicyclic) bond motifs is 5. The van der Waals surface area contributed by atoms with E-state index in [2.05, 4.69) is 38.2 Å². The van der Waals surface area contributed by atoms with Gasteiger partial charge in [0.15, 0.2) is 0 Å². The van der Waals surface area contributed by atoms with Crippen molar-refractivity contribution in [1.82, 2.24) is 5.06 Å². The van der Waals surface area contributed by atoms with Gasteiger partial charge in [-0.2, -0.15) is 5.06 Å². The number of amides is 2. The van der Waals surface area contributed by atoms with Crippen LogP contribution in [0.3, 0.4) is 0 Å². The lowest BCUT2D eigenvalue weighted by atomic mass is 9.57. The van der Waals surface area contributed by atoms with Crippen LogP contribution in [-0.4, -0.2) is 22.1 Å². The van der Waals surface area contributed by atoms with E-state index in [1.54, 1.807) is 0 Å². The molecule has 24 heavy (non-hydrogen) atoms. The van der Waals surface area contributed by atoms with Crippen LogP contribution in [0.15, 0.2) is 35.5 Å². The molecule has 0 radical (unpaired) electrons. The van der Waals surface area contributed by atoms with Crippen molar-refractivity contribution in [2.24, 2.45) is 29.1 Å².